The van der Waals surface area contributed by atoms with Gasteiger partial charge in [-0.3, -0.25) is 0 Å². The minimum atomic E-state index is -0.0685. The van der Waals surface area contributed by atoms with E-state index in [-0.39, 0.29) is 5.75 Å². The maximum absolute atomic E-state index is 10.1. The largest absolute Gasteiger partial charge is 0.506 e. The number of aryl methyl sites for hydroxylation is 1. The summed E-state index contributed by atoms with van der Waals surface area (Å²) in [5.74, 6) is 0.658. The number of rotatable bonds is 3. The Kier molecular flexibility index (Phi) is 4.58. The van der Waals surface area contributed by atoms with Gasteiger partial charge in [0.25, 0.3) is 0 Å². The topological polar surface area (TPSA) is 98.0 Å². The number of nitrogens with one attached hydrogen (secondary N) is 1. The van der Waals surface area contributed by atoms with Gasteiger partial charge in [-0.1, -0.05) is 0 Å². The van der Waals surface area contributed by atoms with Gasteiger partial charge in [-0.15, -0.1) is 10.2 Å². The number of nitrogens with zero attached hydrogens (tertiary/aromatic N) is 5. The summed E-state index contributed by atoms with van der Waals surface area (Å²) in [5, 5.41) is 30.8. The van der Waals surface area contributed by atoms with Gasteiger partial charge in [0.1, 0.15) is 29.0 Å². The number of hydrogen-bond donors (Lipinski definition) is 2. The lowest BCUT2D eigenvalue weighted by atomic mass is 10.1. The van der Waals surface area contributed by atoms with E-state index in [1.54, 1.807) is 0 Å². The van der Waals surface area contributed by atoms with Crippen LogP contribution in [0.1, 0.15) is 24.0 Å². The fraction of sp³-hybridized carbons (Fsp3) is 0.412. The summed E-state index contributed by atoms with van der Waals surface area (Å²) < 4.78 is 0. The maximum Gasteiger partial charge on any atom is 0.149 e. The second kappa shape index (κ2) is 6.81. The number of aromatic hydroxyl groups is 1. The van der Waals surface area contributed by atoms with Crippen LogP contribution in [0.3, 0.4) is 0 Å². The van der Waals surface area contributed by atoms with E-state index in [1.165, 1.54) is 18.7 Å². The van der Waals surface area contributed by atoms with Gasteiger partial charge in [0.15, 0.2) is 0 Å². The molecule has 3 heterocycles. The van der Waals surface area contributed by atoms with Crippen LogP contribution in [0.2, 0.25) is 0 Å². The lowest BCUT2D eigenvalue weighted by Gasteiger charge is -2.30. The van der Waals surface area contributed by atoms with Crippen LogP contribution >= 0.6 is 0 Å². The molecule has 0 unspecified atom stereocenters. The molecule has 24 heavy (non-hydrogen) atoms. The van der Waals surface area contributed by atoms with Crippen molar-refractivity contribution >= 4 is 5.82 Å². The second-order valence-electron chi connectivity index (χ2n) is 6.21. The summed E-state index contributed by atoms with van der Waals surface area (Å²) in [6.07, 6.45) is 3.70. The van der Waals surface area contributed by atoms with Gasteiger partial charge in [-0.05, 0) is 45.0 Å². The molecule has 1 aliphatic heterocycles. The van der Waals surface area contributed by atoms with Crippen LogP contribution in [0.5, 0.6) is 5.75 Å². The summed E-state index contributed by atoms with van der Waals surface area (Å²) in [6.45, 7) is 4.02. The van der Waals surface area contributed by atoms with E-state index in [4.69, 9.17) is 5.26 Å². The fourth-order valence-electron chi connectivity index (χ4n) is 2.98. The highest BCUT2D eigenvalue weighted by molar-refractivity contribution is 5.66. The molecular weight excluding hydrogens is 304 g/mol. The lowest BCUT2D eigenvalue weighted by molar-refractivity contribution is 0.260. The van der Waals surface area contributed by atoms with Crippen LogP contribution in [-0.4, -0.2) is 51.4 Å². The van der Waals surface area contributed by atoms with Gasteiger partial charge in [0, 0.05) is 24.8 Å². The molecule has 0 aliphatic carbocycles. The van der Waals surface area contributed by atoms with E-state index in [9.17, 15) is 5.11 Å². The molecule has 7 nitrogen and oxygen atoms in total. The van der Waals surface area contributed by atoms with Crippen molar-refractivity contribution in [3.05, 3.63) is 29.5 Å². The number of anilines is 1. The van der Waals surface area contributed by atoms with Crippen LogP contribution in [-0.2, 0) is 0 Å². The number of likely N-dealkylation sites (N-methyl/N-ethyl adjacent to an activating group) is 1. The molecule has 2 aromatic rings. The van der Waals surface area contributed by atoms with Crippen molar-refractivity contribution in [3.63, 3.8) is 0 Å². The predicted octanol–water partition coefficient (Wildman–Crippen LogP) is 1.93. The molecule has 2 N–H and O–H groups in total. The molecule has 1 atom stereocenters. The Balaban J connectivity index is 1.81. The van der Waals surface area contributed by atoms with E-state index in [1.807, 2.05) is 19.1 Å². The third-order valence-corrected chi connectivity index (χ3v) is 4.18. The summed E-state index contributed by atoms with van der Waals surface area (Å²) in [5.41, 5.74) is 2.02. The minimum absolute atomic E-state index is 0.0685. The number of pyridine rings is 1. The molecule has 0 radical (unpaired) electrons. The highest BCUT2D eigenvalue weighted by Crippen LogP contribution is 2.28. The van der Waals surface area contributed by atoms with Crippen LogP contribution in [0.25, 0.3) is 11.4 Å². The average molecular weight is 324 g/mol. The van der Waals surface area contributed by atoms with E-state index in [2.05, 4.69) is 32.4 Å². The smallest absolute Gasteiger partial charge is 0.149 e. The predicted molar refractivity (Wildman–Crippen MR) is 90.5 cm³/mol. The van der Waals surface area contributed by atoms with Crippen molar-refractivity contribution < 1.29 is 5.11 Å². The molecule has 1 fully saturated rings. The first-order valence-corrected chi connectivity index (χ1v) is 7.95. The van der Waals surface area contributed by atoms with Crippen molar-refractivity contribution in [2.45, 2.75) is 25.8 Å². The fourth-order valence-corrected chi connectivity index (χ4v) is 2.98. The molecular formula is C17H20N6O. The summed E-state index contributed by atoms with van der Waals surface area (Å²) >= 11 is 0. The number of hydrogen-bond acceptors (Lipinski definition) is 7. The Bertz CT molecular complexity index is 785. The van der Waals surface area contributed by atoms with Gasteiger partial charge in [-0.25, -0.2) is 4.98 Å². The quantitative estimate of drug-likeness (QED) is 0.890. The van der Waals surface area contributed by atoms with E-state index < -0.39 is 0 Å². The average Bonchev–Trinajstić information content (AvgIpc) is 2.55. The molecule has 7 heteroatoms. The highest BCUT2D eigenvalue weighted by Gasteiger charge is 2.18. The maximum atomic E-state index is 10.1. The molecule has 2 aromatic heterocycles. The zero-order valence-corrected chi connectivity index (χ0v) is 13.8. The third-order valence-electron chi connectivity index (χ3n) is 4.18. The number of nitriles is 1. The van der Waals surface area contributed by atoms with Crippen LogP contribution in [0.4, 0.5) is 5.82 Å². The van der Waals surface area contributed by atoms with E-state index in [0.717, 1.165) is 30.9 Å². The first-order chi connectivity index (χ1) is 11.6. The van der Waals surface area contributed by atoms with Crippen LogP contribution in [0, 0.1) is 18.3 Å². The van der Waals surface area contributed by atoms with Crippen molar-refractivity contribution in [2.24, 2.45) is 0 Å². The van der Waals surface area contributed by atoms with Crippen molar-refractivity contribution in [1.29, 1.82) is 5.26 Å². The van der Waals surface area contributed by atoms with Crippen molar-refractivity contribution in [2.75, 3.05) is 25.5 Å². The Morgan fingerprint density at radius 2 is 2.17 bits per heavy atom. The molecule has 3 rings (SSSR count). The van der Waals surface area contributed by atoms with E-state index in [0.29, 0.717) is 23.0 Å². The van der Waals surface area contributed by atoms with Gasteiger partial charge in [0.2, 0.25) is 0 Å². The minimum Gasteiger partial charge on any atom is -0.506 e. The highest BCUT2D eigenvalue weighted by atomic mass is 16.3. The Hall–Kier alpha value is -2.72. The number of piperidine rings is 1. The van der Waals surface area contributed by atoms with Crippen molar-refractivity contribution in [1.82, 2.24) is 20.1 Å². The van der Waals surface area contributed by atoms with Gasteiger partial charge in [-0.2, -0.15) is 5.26 Å². The number of aromatic nitrogens is 3. The second-order valence-corrected chi connectivity index (χ2v) is 6.21. The molecule has 0 amide bonds. The number of likely N-dealkylation sites (tertiary alicyclic amines) is 1. The normalized spacial score (nSPS) is 18.1. The first-order valence-electron chi connectivity index (χ1n) is 7.95. The standard InChI is InChI=1S/C17H20N6O/c1-11-6-15(20-13-4-3-5-23(2)10-13)21-22-16(11)17-14(24)7-12(8-18)9-19-17/h6-7,9,13,24H,3-5,10H2,1-2H3,(H,20,21)/t13-/m1/s1. The molecule has 0 saturated carbocycles. The molecule has 1 saturated heterocycles. The summed E-state index contributed by atoms with van der Waals surface area (Å²) in [4.78, 5) is 6.43. The zero-order valence-electron chi connectivity index (χ0n) is 13.8. The lowest BCUT2D eigenvalue weighted by Crippen LogP contribution is -2.39. The molecule has 0 aromatic carbocycles. The van der Waals surface area contributed by atoms with Gasteiger partial charge in [0.05, 0.1) is 5.56 Å². The van der Waals surface area contributed by atoms with Crippen molar-refractivity contribution in [3.8, 4) is 23.2 Å². The third kappa shape index (κ3) is 3.44. The SMILES string of the molecule is Cc1cc(N[C@@H]2CCCN(C)C2)nnc1-c1ncc(C#N)cc1O. The van der Waals surface area contributed by atoms with Gasteiger partial charge >= 0.3 is 0 Å². The molecule has 124 valence electrons. The van der Waals surface area contributed by atoms with Crippen LogP contribution < -0.4 is 5.32 Å². The Labute approximate surface area is 141 Å². The molecule has 0 bridgehead atoms. The van der Waals surface area contributed by atoms with Crippen LogP contribution in [0.15, 0.2) is 18.3 Å². The van der Waals surface area contributed by atoms with E-state index >= 15 is 0 Å². The monoisotopic (exact) mass is 324 g/mol. The summed E-state index contributed by atoms with van der Waals surface area (Å²) in [6, 6.07) is 5.61. The Morgan fingerprint density at radius 3 is 2.83 bits per heavy atom. The zero-order chi connectivity index (χ0) is 17.1. The molecule has 0 spiro atoms. The summed E-state index contributed by atoms with van der Waals surface area (Å²) in [7, 11) is 2.12. The molecule has 1 aliphatic rings. The Morgan fingerprint density at radius 1 is 1.33 bits per heavy atom. The first kappa shape index (κ1) is 16.1. The van der Waals surface area contributed by atoms with Gasteiger partial charge < -0.3 is 15.3 Å².